The lowest BCUT2D eigenvalue weighted by molar-refractivity contribution is 0.578. The molecule has 8 heteroatoms. The van der Waals surface area contributed by atoms with Crippen molar-refractivity contribution in [3.63, 3.8) is 0 Å². The summed E-state index contributed by atoms with van der Waals surface area (Å²) in [7, 11) is -6.90. The number of nitrogen functional groups attached to an aromatic ring is 1. The summed E-state index contributed by atoms with van der Waals surface area (Å²) in [6.07, 6.45) is 0.780. The fraction of sp³-hybridized carbons (Fsp3) is 0.500. The molecule has 0 amide bonds. The maximum absolute atomic E-state index is 12.6. The van der Waals surface area contributed by atoms with E-state index in [0.717, 1.165) is 5.56 Å². The second-order valence-electron chi connectivity index (χ2n) is 5.25. The normalized spacial score (nSPS) is 24.8. The lowest BCUT2D eigenvalue weighted by Crippen LogP contribution is -2.38. The molecule has 6 nitrogen and oxygen atoms in total. The Kier molecular flexibility index (Phi) is 2.98. The van der Waals surface area contributed by atoms with Crippen LogP contribution in [0.4, 0.5) is 11.4 Å². The van der Waals surface area contributed by atoms with Crippen LogP contribution < -0.4 is 10.0 Å². The summed E-state index contributed by atoms with van der Waals surface area (Å²) in [5.74, 6) is -0.338. The molecule has 0 saturated carbocycles. The first-order valence-corrected chi connectivity index (χ1v) is 9.73. The number of sulfonamides is 1. The molecule has 1 unspecified atom stereocenters. The van der Waals surface area contributed by atoms with Crippen LogP contribution >= 0.6 is 0 Å². The molecule has 1 aromatic rings. The highest BCUT2D eigenvalue weighted by molar-refractivity contribution is 7.97. The van der Waals surface area contributed by atoms with Crippen LogP contribution in [0, 0.1) is 0 Å². The molecule has 1 fully saturated rings. The van der Waals surface area contributed by atoms with E-state index < -0.39 is 25.1 Å². The Bertz CT molecular complexity index is 756. The van der Waals surface area contributed by atoms with Gasteiger partial charge in [-0.1, -0.05) is 12.1 Å². The molecule has 0 aliphatic carbocycles. The van der Waals surface area contributed by atoms with Gasteiger partial charge in [-0.05, 0) is 24.5 Å². The van der Waals surface area contributed by atoms with Gasteiger partial charge in [0.25, 0.3) is 0 Å². The Morgan fingerprint density at radius 2 is 2.05 bits per heavy atom. The molecule has 2 aliphatic rings. The zero-order chi connectivity index (χ0) is 14.5. The molecule has 2 aliphatic heterocycles. The van der Waals surface area contributed by atoms with Crippen molar-refractivity contribution in [3.05, 3.63) is 23.8 Å². The Balaban J connectivity index is 2.00. The summed E-state index contributed by atoms with van der Waals surface area (Å²) in [5, 5.41) is -0.849. The molecule has 0 aromatic heterocycles. The van der Waals surface area contributed by atoms with Crippen molar-refractivity contribution in [1.29, 1.82) is 0 Å². The SMILES string of the molecule is Nc1cccc2c1N(S(=O)(=O)C1CCS(=O)(=O)C1)CC2. The molecule has 2 heterocycles. The number of sulfone groups is 1. The van der Waals surface area contributed by atoms with E-state index >= 15 is 0 Å². The summed E-state index contributed by atoms with van der Waals surface area (Å²) in [5.41, 5.74) is 7.73. The monoisotopic (exact) mass is 316 g/mol. The largest absolute Gasteiger partial charge is 0.397 e. The number of rotatable bonds is 2. The minimum absolute atomic E-state index is 0.0537. The van der Waals surface area contributed by atoms with E-state index in [0.29, 0.717) is 24.3 Å². The van der Waals surface area contributed by atoms with Crippen LogP contribution in [0.3, 0.4) is 0 Å². The summed E-state index contributed by atoms with van der Waals surface area (Å²) < 4.78 is 49.6. The fourth-order valence-electron chi connectivity index (χ4n) is 2.88. The second kappa shape index (κ2) is 4.36. The number of anilines is 2. The van der Waals surface area contributed by atoms with Crippen molar-refractivity contribution in [1.82, 2.24) is 0 Å². The number of fused-ring (bicyclic) bond motifs is 1. The average molecular weight is 316 g/mol. The van der Waals surface area contributed by atoms with Crippen LogP contribution in [0.15, 0.2) is 18.2 Å². The summed E-state index contributed by atoms with van der Waals surface area (Å²) in [6.45, 7) is 0.336. The number of nitrogens with two attached hydrogens (primary N) is 1. The third kappa shape index (κ3) is 2.07. The first kappa shape index (κ1) is 13.7. The van der Waals surface area contributed by atoms with Crippen LogP contribution in [0.1, 0.15) is 12.0 Å². The molecular formula is C12H16N2O4S2. The van der Waals surface area contributed by atoms with Crippen LogP contribution in [0.2, 0.25) is 0 Å². The van der Waals surface area contributed by atoms with Gasteiger partial charge in [-0.25, -0.2) is 16.8 Å². The van der Waals surface area contributed by atoms with Crippen LogP contribution in [-0.4, -0.2) is 40.1 Å². The van der Waals surface area contributed by atoms with E-state index in [2.05, 4.69) is 0 Å². The number of hydrogen-bond acceptors (Lipinski definition) is 5. The Labute approximate surface area is 118 Å². The molecular weight excluding hydrogens is 300 g/mol. The quantitative estimate of drug-likeness (QED) is 0.783. The van der Waals surface area contributed by atoms with E-state index in [1.54, 1.807) is 12.1 Å². The third-order valence-corrected chi connectivity index (χ3v) is 8.11. The second-order valence-corrected chi connectivity index (χ2v) is 9.61. The highest BCUT2D eigenvalue weighted by Gasteiger charge is 2.42. The summed E-state index contributed by atoms with van der Waals surface area (Å²) >= 11 is 0. The molecule has 110 valence electrons. The van der Waals surface area contributed by atoms with Crippen molar-refractivity contribution in [3.8, 4) is 0 Å². The van der Waals surface area contributed by atoms with Crippen LogP contribution in [0.25, 0.3) is 0 Å². The van der Waals surface area contributed by atoms with E-state index in [-0.39, 0.29) is 17.9 Å². The molecule has 20 heavy (non-hydrogen) atoms. The Hall–Kier alpha value is -1.28. The maximum atomic E-state index is 12.6. The minimum Gasteiger partial charge on any atom is -0.397 e. The molecule has 1 aromatic carbocycles. The molecule has 0 spiro atoms. The minimum atomic E-state index is -3.67. The van der Waals surface area contributed by atoms with Crippen molar-refractivity contribution in [2.24, 2.45) is 0 Å². The number of nitrogens with zero attached hydrogens (tertiary/aromatic N) is 1. The average Bonchev–Trinajstić information content (AvgIpc) is 2.94. The van der Waals surface area contributed by atoms with E-state index in [4.69, 9.17) is 5.73 Å². The zero-order valence-electron chi connectivity index (χ0n) is 10.8. The van der Waals surface area contributed by atoms with Gasteiger partial charge in [-0.3, -0.25) is 4.31 Å². The molecule has 1 atom stereocenters. The van der Waals surface area contributed by atoms with Crippen molar-refractivity contribution >= 4 is 31.2 Å². The molecule has 1 saturated heterocycles. The van der Waals surface area contributed by atoms with Gasteiger partial charge in [0.05, 0.1) is 28.1 Å². The van der Waals surface area contributed by atoms with Gasteiger partial charge >= 0.3 is 0 Å². The van der Waals surface area contributed by atoms with Gasteiger partial charge in [0, 0.05) is 6.54 Å². The molecule has 2 N–H and O–H groups in total. The van der Waals surface area contributed by atoms with Gasteiger partial charge in [0.2, 0.25) is 10.0 Å². The van der Waals surface area contributed by atoms with Crippen molar-refractivity contribution in [2.75, 3.05) is 28.1 Å². The zero-order valence-corrected chi connectivity index (χ0v) is 12.5. The summed E-state index contributed by atoms with van der Waals surface area (Å²) in [6, 6.07) is 5.31. The summed E-state index contributed by atoms with van der Waals surface area (Å²) in [4.78, 5) is 0. The molecule has 0 radical (unpaired) electrons. The standard InChI is InChI=1S/C12H16N2O4S2/c13-11-3-1-2-9-4-6-14(12(9)11)20(17,18)10-5-7-19(15,16)8-10/h1-3,10H,4-8,13H2. The van der Waals surface area contributed by atoms with Crippen LogP contribution in [-0.2, 0) is 26.3 Å². The van der Waals surface area contributed by atoms with E-state index in [9.17, 15) is 16.8 Å². The van der Waals surface area contributed by atoms with Gasteiger partial charge in [0.15, 0.2) is 9.84 Å². The predicted octanol–water partition coefficient (Wildman–Crippen LogP) is 0.148. The van der Waals surface area contributed by atoms with Gasteiger partial charge in [-0.2, -0.15) is 0 Å². The van der Waals surface area contributed by atoms with Crippen molar-refractivity contribution < 1.29 is 16.8 Å². The van der Waals surface area contributed by atoms with Crippen LogP contribution in [0.5, 0.6) is 0 Å². The van der Waals surface area contributed by atoms with Crippen molar-refractivity contribution in [2.45, 2.75) is 18.1 Å². The maximum Gasteiger partial charge on any atom is 0.239 e. The number of para-hydroxylation sites is 1. The van der Waals surface area contributed by atoms with Gasteiger partial charge < -0.3 is 5.73 Å². The fourth-order valence-corrected chi connectivity index (χ4v) is 7.48. The Morgan fingerprint density at radius 1 is 1.30 bits per heavy atom. The lowest BCUT2D eigenvalue weighted by Gasteiger charge is -2.24. The first-order valence-electron chi connectivity index (χ1n) is 6.40. The number of hydrogen-bond donors (Lipinski definition) is 1. The Morgan fingerprint density at radius 3 is 2.70 bits per heavy atom. The topological polar surface area (TPSA) is 97.5 Å². The predicted molar refractivity (Wildman–Crippen MR) is 77.9 cm³/mol. The van der Waals surface area contributed by atoms with E-state index in [1.807, 2.05) is 6.07 Å². The highest BCUT2D eigenvalue weighted by atomic mass is 32.2. The highest BCUT2D eigenvalue weighted by Crippen LogP contribution is 2.37. The number of benzene rings is 1. The molecule has 0 bridgehead atoms. The third-order valence-electron chi connectivity index (χ3n) is 3.90. The van der Waals surface area contributed by atoms with E-state index in [1.165, 1.54) is 4.31 Å². The smallest absolute Gasteiger partial charge is 0.239 e. The lowest BCUT2D eigenvalue weighted by atomic mass is 10.1. The van der Waals surface area contributed by atoms with Gasteiger partial charge in [-0.15, -0.1) is 0 Å². The first-order chi connectivity index (χ1) is 9.31. The van der Waals surface area contributed by atoms with Gasteiger partial charge in [0.1, 0.15) is 0 Å². The molecule has 3 rings (SSSR count).